The number of fused-ring (bicyclic) bond motifs is 1. The highest BCUT2D eigenvalue weighted by Crippen LogP contribution is 2.39. The molecule has 22 heavy (non-hydrogen) atoms. The quantitative estimate of drug-likeness (QED) is 0.796. The van der Waals surface area contributed by atoms with Gasteiger partial charge in [0.25, 0.3) is 0 Å². The Morgan fingerprint density at radius 1 is 1.32 bits per heavy atom. The number of ether oxygens (including phenoxy) is 2. The molecular formula is C17H19NO3S. The molecule has 4 nitrogen and oxygen atoms in total. The van der Waals surface area contributed by atoms with Crippen molar-refractivity contribution in [2.45, 2.75) is 18.9 Å². The summed E-state index contributed by atoms with van der Waals surface area (Å²) in [6, 6.07) is 6.22. The molecule has 2 aromatic rings. The van der Waals surface area contributed by atoms with Crippen molar-refractivity contribution in [2.75, 3.05) is 20.8 Å². The highest BCUT2D eigenvalue weighted by Gasteiger charge is 2.28. The number of carbonyl (C=O) groups excluding carboxylic acids is 1. The van der Waals surface area contributed by atoms with Crippen molar-refractivity contribution in [3.05, 3.63) is 45.6 Å². The van der Waals surface area contributed by atoms with Crippen LogP contribution in [0.4, 0.5) is 0 Å². The number of thiophene rings is 1. The van der Waals surface area contributed by atoms with Gasteiger partial charge in [-0.2, -0.15) is 11.3 Å². The lowest BCUT2D eigenvalue weighted by atomic mass is 9.89. The topological polar surface area (TPSA) is 38.8 Å². The lowest BCUT2D eigenvalue weighted by molar-refractivity contribution is -0.120. The Kier molecular flexibility index (Phi) is 4.34. The van der Waals surface area contributed by atoms with Crippen LogP contribution in [0.15, 0.2) is 29.0 Å². The molecular weight excluding hydrogens is 298 g/mol. The summed E-state index contributed by atoms with van der Waals surface area (Å²) >= 11 is 1.68. The smallest absolute Gasteiger partial charge is 0.210 e. The van der Waals surface area contributed by atoms with Gasteiger partial charge in [0.15, 0.2) is 11.5 Å². The molecule has 5 heteroatoms. The molecule has 0 unspecified atom stereocenters. The number of methoxy groups -OCH3 is 2. The van der Waals surface area contributed by atoms with E-state index in [1.54, 1.807) is 25.6 Å². The molecule has 0 N–H and O–H groups in total. The van der Waals surface area contributed by atoms with E-state index in [2.05, 4.69) is 16.8 Å². The van der Waals surface area contributed by atoms with Gasteiger partial charge in [-0.05, 0) is 58.5 Å². The number of amides is 1. The predicted molar refractivity (Wildman–Crippen MR) is 86.8 cm³/mol. The maximum Gasteiger partial charge on any atom is 0.210 e. The number of hydrogen-bond donors (Lipinski definition) is 0. The molecule has 0 radical (unpaired) electrons. The summed E-state index contributed by atoms with van der Waals surface area (Å²) in [5.41, 5.74) is 3.64. The van der Waals surface area contributed by atoms with Gasteiger partial charge in [0.05, 0.1) is 20.3 Å². The maximum atomic E-state index is 11.5. The third kappa shape index (κ3) is 2.68. The van der Waals surface area contributed by atoms with Gasteiger partial charge in [-0.1, -0.05) is 0 Å². The van der Waals surface area contributed by atoms with Crippen molar-refractivity contribution in [2.24, 2.45) is 0 Å². The molecule has 1 amide bonds. The van der Waals surface area contributed by atoms with Crippen molar-refractivity contribution >= 4 is 17.7 Å². The fraction of sp³-hybridized carbons (Fsp3) is 0.353. The minimum absolute atomic E-state index is 0.0515. The highest BCUT2D eigenvalue weighted by atomic mass is 32.1. The van der Waals surface area contributed by atoms with Gasteiger partial charge in [0.1, 0.15) is 0 Å². The normalized spacial score (nSPS) is 17.0. The van der Waals surface area contributed by atoms with E-state index in [0.717, 1.165) is 37.1 Å². The summed E-state index contributed by atoms with van der Waals surface area (Å²) in [4.78, 5) is 13.3. The standard InChI is InChI=1S/C17H19NO3S/c1-20-16-8-13-3-5-18(11-19)15(7-12-4-6-22-10-12)14(13)9-17(16)21-2/h4,6,8-11,15H,3,5,7H2,1-2H3/t15-/m0/s1. The minimum atomic E-state index is 0.0515. The lowest BCUT2D eigenvalue weighted by Crippen LogP contribution is -2.35. The van der Waals surface area contributed by atoms with E-state index < -0.39 is 0 Å². The van der Waals surface area contributed by atoms with Crippen molar-refractivity contribution in [1.29, 1.82) is 0 Å². The third-order valence-corrected chi connectivity index (χ3v) is 4.92. The second-order valence-corrected chi connectivity index (χ2v) is 6.13. The van der Waals surface area contributed by atoms with Crippen LogP contribution in [0, 0.1) is 0 Å². The van der Waals surface area contributed by atoms with Crippen LogP contribution in [0.5, 0.6) is 11.5 Å². The summed E-state index contributed by atoms with van der Waals surface area (Å²) in [7, 11) is 3.28. The fourth-order valence-electron chi connectivity index (χ4n) is 3.03. The van der Waals surface area contributed by atoms with Crippen molar-refractivity contribution < 1.29 is 14.3 Å². The molecule has 1 aliphatic rings. The van der Waals surface area contributed by atoms with Crippen LogP contribution in [-0.2, 0) is 17.6 Å². The largest absolute Gasteiger partial charge is 0.493 e. The summed E-state index contributed by atoms with van der Waals surface area (Å²) < 4.78 is 10.8. The van der Waals surface area contributed by atoms with Crippen molar-refractivity contribution in [3.63, 3.8) is 0 Å². The molecule has 1 aromatic heterocycles. The summed E-state index contributed by atoms with van der Waals surface area (Å²) in [5, 5.41) is 4.21. The van der Waals surface area contributed by atoms with E-state index in [1.165, 1.54) is 11.1 Å². The molecule has 0 spiro atoms. The van der Waals surface area contributed by atoms with Gasteiger partial charge < -0.3 is 14.4 Å². The average Bonchev–Trinajstić information content (AvgIpc) is 3.07. The molecule has 0 bridgehead atoms. The molecule has 0 fully saturated rings. The zero-order chi connectivity index (χ0) is 15.5. The zero-order valence-corrected chi connectivity index (χ0v) is 13.6. The van der Waals surface area contributed by atoms with Crippen LogP contribution in [0.2, 0.25) is 0 Å². The number of rotatable bonds is 5. The van der Waals surface area contributed by atoms with Gasteiger partial charge in [-0.15, -0.1) is 0 Å². The van der Waals surface area contributed by atoms with E-state index in [9.17, 15) is 4.79 Å². The average molecular weight is 317 g/mol. The van der Waals surface area contributed by atoms with Crippen molar-refractivity contribution in [3.8, 4) is 11.5 Å². The number of benzene rings is 1. The molecule has 3 rings (SSSR count). The summed E-state index contributed by atoms with van der Waals surface area (Å²) in [5.74, 6) is 1.46. The Bertz CT molecular complexity index is 654. The summed E-state index contributed by atoms with van der Waals surface area (Å²) in [6.07, 6.45) is 2.62. The molecule has 0 saturated heterocycles. The molecule has 1 aromatic carbocycles. The van der Waals surface area contributed by atoms with E-state index in [-0.39, 0.29) is 6.04 Å². The molecule has 0 saturated carbocycles. The second-order valence-electron chi connectivity index (χ2n) is 5.35. The Hall–Kier alpha value is -2.01. The molecule has 0 aliphatic carbocycles. The van der Waals surface area contributed by atoms with E-state index >= 15 is 0 Å². The zero-order valence-electron chi connectivity index (χ0n) is 12.7. The second kappa shape index (κ2) is 6.40. The van der Waals surface area contributed by atoms with E-state index in [4.69, 9.17) is 9.47 Å². The van der Waals surface area contributed by atoms with Crippen LogP contribution in [0.25, 0.3) is 0 Å². The van der Waals surface area contributed by atoms with Gasteiger partial charge >= 0.3 is 0 Å². The fourth-order valence-corrected chi connectivity index (χ4v) is 3.71. The van der Waals surface area contributed by atoms with Gasteiger partial charge in [-0.3, -0.25) is 4.79 Å². The first-order chi connectivity index (χ1) is 10.8. The number of carbonyl (C=O) groups is 1. The highest BCUT2D eigenvalue weighted by molar-refractivity contribution is 7.07. The summed E-state index contributed by atoms with van der Waals surface area (Å²) in [6.45, 7) is 0.737. The first-order valence-corrected chi connectivity index (χ1v) is 8.18. The molecule has 116 valence electrons. The van der Waals surface area contributed by atoms with Gasteiger partial charge in [0.2, 0.25) is 6.41 Å². The SMILES string of the molecule is COc1cc2c(cc1OC)[C@H](Cc1ccsc1)N(C=O)CC2. The number of nitrogens with zero attached hydrogens (tertiary/aromatic N) is 1. The van der Waals surface area contributed by atoms with E-state index in [1.807, 2.05) is 17.0 Å². The van der Waals surface area contributed by atoms with Gasteiger partial charge in [-0.25, -0.2) is 0 Å². The first kappa shape index (κ1) is 14.9. The lowest BCUT2D eigenvalue weighted by Gasteiger charge is -2.35. The monoisotopic (exact) mass is 317 g/mol. The van der Waals surface area contributed by atoms with Crippen LogP contribution >= 0.6 is 11.3 Å². The maximum absolute atomic E-state index is 11.5. The Morgan fingerprint density at radius 3 is 2.73 bits per heavy atom. The van der Waals surface area contributed by atoms with Crippen LogP contribution in [0.1, 0.15) is 22.7 Å². The Morgan fingerprint density at radius 2 is 2.09 bits per heavy atom. The van der Waals surface area contributed by atoms with Crippen LogP contribution in [0.3, 0.4) is 0 Å². The van der Waals surface area contributed by atoms with Crippen molar-refractivity contribution in [1.82, 2.24) is 4.90 Å². The predicted octanol–water partition coefficient (Wildman–Crippen LogP) is 3.06. The van der Waals surface area contributed by atoms with Crippen LogP contribution in [-0.4, -0.2) is 32.1 Å². The molecule has 1 aliphatic heterocycles. The van der Waals surface area contributed by atoms with E-state index in [0.29, 0.717) is 5.75 Å². The minimum Gasteiger partial charge on any atom is -0.493 e. The van der Waals surface area contributed by atoms with Gasteiger partial charge in [0, 0.05) is 6.54 Å². The number of hydrogen-bond acceptors (Lipinski definition) is 4. The Balaban J connectivity index is 2.02. The Labute approximate surface area is 134 Å². The first-order valence-electron chi connectivity index (χ1n) is 7.23. The van der Waals surface area contributed by atoms with Crippen LogP contribution < -0.4 is 9.47 Å². The molecule has 2 heterocycles. The third-order valence-electron chi connectivity index (χ3n) is 4.19. The molecule has 1 atom stereocenters.